The quantitative estimate of drug-likeness (QED) is 0.718. The molecule has 1 fully saturated rings. The third kappa shape index (κ3) is 4.49. The van der Waals surface area contributed by atoms with Gasteiger partial charge in [-0.1, -0.05) is 54.9 Å². The smallest absolute Gasteiger partial charge is 0.279 e. The van der Waals surface area contributed by atoms with Gasteiger partial charge in [-0.2, -0.15) is 0 Å². The van der Waals surface area contributed by atoms with E-state index < -0.39 is 11.8 Å². The number of anilines is 1. The number of amides is 3. The minimum absolute atomic E-state index is 0.0268. The Morgan fingerprint density at radius 2 is 1.74 bits per heavy atom. The summed E-state index contributed by atoms with van der Waals surface area (Å²) < 4.78 is 0. The van der Waals surface area contributed by atoms with Crippen molar-refractivity contribution >= 4 is 35.0 Å². The zero-order valence-corrected chi connectivity index (χ0v) is 18.1. The molecule has 160 valence electrons. The molecule has 1 saturated heterocycles. The number of piperidine rings is 1. The van der Waals surface area contributed by atoms with Gasteiger partial charge in [0, 0.05) is 24.3 Å². The topological polar surface area (TPSA) is 69.7 Å². The molecule has 6 nitrogen and oxygen atoms in total. The van der Waals surface area contributed by atoms with Gasteiger partial charge in [0.05, 0.1) is 6.54 Å². The molecular formula is C24H24ClN3O3. The zero-order chi connectivity index (χ0) is 22.0. The summed E-state index contributed by atoms with van der Waals surface area (Å²) >= 11 is 6.20. The van der Waals surface area contributed by atoms with Crippen LogP contribution in [0.5, 0.6) is 0 Å². The highest BCUT2D eigenvalue weighted by Gasteiger charge is 2.37. The molecule has 3 amide bonds. The van der Waals surface area contributed by atoms with E-state index in [9.17, 15) is 14.4 Å². The van der Waals surface area contributed by atoms with Crippen molar-refractivity contribution in [3.63, 3.8) is 0 Å². The van der Waals surface area contributed by atoms with Gasteiger partial charge in [-0.3, -0.25) is 19.3 Å². The van der Waals surface area contributed by atoms with Crippen molar-refractivity contribution in [1.82, 2.24) is 9.80 Å². The molecule has 2 aliphatic heterocycles. The van der Waals surface area contributed by atoms with Crippen molar-refractivity contribution in [3.8, 4) is 0 Å². The molecular weight excluding hydrogens is 414 g/mol. The summed E-state index contributed by atoms with van der Waals surface area (Å²) in [7, 11) is 0. The van der Waals surface area contributed by atoms with Crippen LogP contribution in [-0.4, -0.2) is 40.6 Å². The Balaban J connectivity index is 1.48. The normalized spacial score (nSPS) is 17.5. The number of hydrogen-bond donors (Lipinski definition) is 1. The molecule has 0 aromatic heterocycles. The fraction of sp³-hybridized carbons (Fsp3) is 0.292. The number of imide groups is 1. The lowest BCUT2D eigenvalue weighted by Gasteiger charge is -2.30. The molecule has 7 heteroatoms. The van der Waals surface area contributed by atoms with E-state index in [1.54, 1.807) is 24.3 Å². The molecule has 4 rings (SSSR count). The summed E-state index contributed by atoms with van der Waals surface area (Å²) in [6, 6.07) is 16.2. The highest BCUT2D eigenvalue weighted by atomic mass is 35.5. The van der Waals surface area contributed by atoms with Crippen LogP contribution in [0.4, 0.5) is 5.69 Å². The fourth-order valence-corrected chi connectivity index (χ4v) is 4.06. The van der Waals surface area contributed by atoms with Crippen molar-refractivity contribution in [2.45, 2.75) is 26.3 Å². The third-order valence-electron chi connectivity index (χ3n) is 5.74. The number of benzene rings is 2. The Hall–Kier alpha value is -3.12. The summed E-state index contributed by atoms with van der Waals surface area (Å²) in [6.07, 6.45) is 2.00. The number of halogens is 1. The summed E-state index contributed by atoms with van der Waals surface area (Å²) in [6.45, 7) is 3.84. The number of nitrogens with zero attached hydrogens (tertiary/aromatic N) is 2. The van der Waals surface area contributed by atoms with Crippen molar-refractivity contribution < 1.29 is 14.4 Å². The molecule has 2 aliphatic rings. The van der Waals surface area contributed by atoms with Crippen LogP contribution in [0.3, 0.4) is 0 Å². The SMILES string of the molecule is CC1CCN(C(=O)c2cccc(NC3=C(Cl)C(=O)N(Cc4ccccc4)C3=O)c2)CC1. The lowest BCUT2D eigenvalue weighted by atomic mass is 9.98. The molecule has 2 aromatic carbocycles. The molecule has 0 unspecified atom stereocenters. The van der Waals surface area contributed by atoms with Gasteiger partial charge < -0.3 is 10.2 Å². The molecule has 2 aromatic rings. The van der Waals surface area contributed by atoms with Gasteiger partial charge in [0.1, 0.15) is 10.7 Å². The van der Waals surface area contributed by atoms with Gasteiger partial charge in [-0.25, -0.2) is 0 Å². The van der Waals surface area contributed by atoms with Crippen LogP contribution in [0.2, 0.25) is 0 Å². The average Bonchev–Trinajstić information content (AvgIpc) is 2.98. The largest absolute Gasteiger partial charge is 0.350 e. The van der Waals surface area contributed by atoms with E-state index in [1.807, 2.05) is 35.2 Å². The first-order valence-electron chi connectivity index (χ1n) is 10.4. The Labute approximate surface area is 186 Å². The predicted molar refractivity (Wildman–Crippen MR) is 119 cm³/mol. The molecule has 0 radical (unpaired) electrons. The second-order valence-electron chi connectivity index (χ2n) is 8.05. The van der Waals surface area contributed by atoms with Gasteiger partial charge in [0.15, 0.2) is 0 Å². The van der Waals surface area contributed by atoms with Gasteiger partial charge >= 0.3 is 0 Å². The first kappa shape index (κ1) is 21.1. The lowest BCUT2D eigenvalue weighted by molar-refractivity contribution is -0.138. The second kappa shape index (κ2) is 8.94. The van der Waals surface area contributed by atoms with E-state index >= 15 is 0 Å². The molecule has 0 atom stereocenters. The molecule has 31 heavy (non-hydrogen) atoms. The standard InChI is InChI=1S/C24H24ClN3O3/c1-16-10-12-27(13-11-16)22(29)18-8-5-9-19(14-18)26-21-20(25)23(30)28(24(21)31)15-17-6-3-2-4-7-17/h2-9,14,16,26H,10-13,15H2,1H3. The maximum atomic E-state index is 12.9. The van der Waals surface area contributed by atoms with Gasteiger partial charge in [-0.15, -0.1) is 0 Å². The van der Waals surface area contributed by atoms with Crippen LogP contribution >= 0.6 is 11.6 Å². The third-order valence-corrected chi connectivity index (χ3v) is 6.10. The summed E-state index contributed by atoms with van der Waals surface area (Å²) in [5.41, 5.74) is 1.93. The van der Waals surface area contributed by atoms with E-state index in [0.29, 0.717) is 17.2 Å². The van der Waals surface area contributed by atoms with Crippen LogP contribution in [0.15, 0.2) is 65.3 Å². The number of carbonyl (C=O) groups is 3. The van der Waals surface area contributed by atoms with E-state index in [1.165, 1.54) is 0 Å². The fourth-order valence-electron chi connectivity index (χ4n) is 3.83. The van der Waals surface area contributed by atoms with E-state index in [0.717, 1.165) is 36.4 Å². The number of likely N-dealkylation sites (tertiary alicyclic amines) is 1. The van der Waals surface area contributed by atoms with Crippen LogP contribution in [-0.2, 0) is 16.1 Å². The monoisotopic (exact) mass is 437 g/mol. The second-order valence-corrected chi connectivity index (χ2v) is 8.43. The Bertz CT molecular complexity index is 1040. The molecule has 1 N–H and O–H groups in total. The van der Waals surface area contributed by atoms with Gasteiger partial charge in [0.25, 0.3) is 17.7 Å². The van der Waals surface area contributed by atoms with Crippen molar-refractivity contribution in [2.75, 3.05) is 18.4 Å². The first-order chi connectivity index (χ1) is 14.9. The Kier molecular flexibility index (Phi) is 6.09. The van der Waals surface area contributed by atoms with E-state index in [4.69, 9.17) is 11.6 Å². The number of rotatable bonds is 5. The highest BCUT2D eigenvalue weighted by Crippen LogP contribution is 2.27. The molecule has 0 bridgehead atoms. The molecule has 2 heterocycles. The lowest BCUT2D eigenvalue weighted by Crippen LogP contribution is -2.37. The van der Waals surface area contributed by atoms with Crippen LogP contribution in [0.25, 0.3) is 0 Å². The van der Waals surface area contributed by atoms with Crippen LogP contribution in [0.1, 0.15) is 35.7 Å². The number of nitrogens with one attached hydrogen (secondary N) is 1. The van der Waals surface area contributed by atoms with Crippen LogP contribution in [0, 0.1) is 5.92 Å². The Morgan fingerprint density at radius 1 is 1.03 bits per heavy atom. The number of carbonyl (C=O) groups excluding carboxylic acids is 3. The average molecular weight is 438 g/mol. The van der Waals surface area contributed by atoms with E-state index in [2.05, 4.69) is 12.2 Å². The van der Waals surface area contributed by atoms with Crippen molar-refractivity contribution in [3.05, 3.63) is 76.5 Å². The van der Waals surface area contributed by atoms with Crippen molar-refractivity contribution in [2.24, 2.45) is 5.92 Å². The maximum Gasteiger partial charge on any atom is 0.279 e. The summed E-state index contributed by atoms with van der Waals surface area (Å²) in [5.74, 6) is -0.417. The van der Waals surface area contributed by atoms with Crippen molar-refractivity contribution in [1.29, 1.82) is 0 Å². The van der Waals surface area contributed by atoms with E-state index in [-0.39, 0.29) is 23.2 Å². The number of hydrogen-bond acceptors (Lipinski definition) is 4. The molecule has 0 aliphatic carbocycles. The van der Waals surface area contributed by atoms with Gasteiger partial charge in [-0.05, 0) is 42.5 Å². The Morgan fingerprint density at radius 3 is 2.45 bits per heavy atom. The maximum absolute atomic E-state index is 12.9. The molecule has 0 spiro atoms. The first-order valence-corrected chi connectivity index (χ1v) is 10.8. The summed E-state index contributed by atoms with van der Waals surface area (Å²) in [4.78, 5) is 41.2. The minimum Gasteiger partial charge on any atom is -0.350 e. The van der Waals surface area contributed by atoms with Gasteiger partial charge in [0.2, 0.25) is 0 Å². The molecule has 0 saturated carbocycles. The zero-order valence-electron chi connectivity index (χ0n) is 17.3. The highest BCUT2D eigenvalue weighted by molar-refractivity contribution is 6.48. The minimum atomic E-state index is -0.535. The summed E-state index contributed by atoms with van der Waals surface area (Å²) in [5, 5.41) is 2.81. The van der Waals surface area contributed by atoms with Crippen LogP contribution < -0.4 is 5.32 Å². The predicted octanol–water partition coefficient (Wildman–Crippen LogP) is 3.99.